The lowest BCUT2D eigenvalue weighted by molar-refractivity contribution is 0.625. The number of nitrogens with zero attached hydrogens (tertiary/aromatic N) is 1. The molecule has 19 heavy (non-hydrogen) atoms. The molecule has 0 spiro atoms. The molecule has 0 radical (unpaired) electrons. The van der Waals surface area contributed by atoms with Crippen LogP contribution in [0.3, 0.4) is 0 Å². The highest BCUT2D eigenvalue weighted by Gasteiger charge is 2.08. The first-order valence-electron chi connectivity index (χ1n) is 5.90. The molecule has 1 nitrogen and oxygen atoms in total. The van der Waals surface area contributed by atoms with Gasteiger partial charge in [-0.05, 0) is 41.5 Å². The normalized spacial score (nSPS) is 10.5. The summed E-state index contributed by atoms with van der Waals surface area (Å²) >= 11 is 3.36. The van der Waals surface area contributed by atoms with Crippen LogP contribution in [0.2, 0.25) is 0 Å². The third-order valence-corrected chi connectivity index (χ3v) is 3.53. The van der Waals surface area contributed by atoms with Gasteiger partial charge in [-0.15, -0.1) is 0 Å². The predicted molar refractivity (Wildman–Crippen MR) is 77.5 cm³/mol. The van der Waals surface area contributed by atoms with E-state index in [0.717, 1.165) is 16.8 Å². The van der Waals surface area contributed by atoms with Crippen LogP contribution in [-0.2, 0) is 11.9 Å². The van der Waals surface area contributed by atoms with Gasteiger partial charge < -0.3 is 4.90 Å². The second-order valence-electron chi connectivity index (χ2n) is 4.39. The molecule has 0 N–H and O–H groups in total. The Morgan fingerprint density at radius 3 is 2.26 bits per heavy atom. The predicted octanol–water partition coefficient (Wildman–Crippen LogP) is 4.50. The molecule has 0 fully saturated rings. The van der Waals surface area contributed by atoms with Crippen molar-refractivity contribution in [2.24, 2.45) is 0 Å². The van der Waals surface area contributed by atoms with Crippen LogP contribution in [0.15, 0.2) is 42.5 Å². The van der Waals surface area contributed by atoms with E-state index in [4.69, 9.17) is 0 Å². The molecule has 2 aromatic rings. The topological polar surface area (TPSA) is 3.24 Å². The Balaban J connectivity index is 2.19. The fourth-order valence-corrected chi connectivity index (χ4v) is 2.43. The zero-order chi connectivity index (χ0) is 13.8. The third kappa shape index (κ3) is 3.53. The van der Waals surface area contributed by atoms with Gasteiger partial charge in [0.05, 0.1) is 0 Å². The minimum atomic E-state index is -0.242. The van der Waals surface area contributed by atoms with Crippen LogP contribution in [0, 0.1) is 11.6 Å². The Hall–Kier alpha value is -1.42. The fraction of sp³-hybridized carbons (Fsp3) is 0.200. The van der Waals surface area contributed by atoms with Gasteiger partial charge in [0, 0.05) is 24.6 Å². The van der Waals surface area contributed by atoms with Crippen LogP contribution in [0.1, 0.15) is 11.1 Å². The molecule has 0 aliphatic carbocycles. The molecule has 100 valence electrons. The van der Waals surface area contributed by atoms with Gasteiger partial charge in [0.15, 0.2) is 0 Å². The Bertz CT molecular complexity index is 555. The van der Waals surface area contributed by atoms with Gasteiger partial charge in [-0.1, -0.05) is 28.1 Å². The van der Waals surface area contributed by atoms with Gasteiger partial charge in [0.25, 0.3) is 0 Å². The Morgan fingerprint density at radius 1 is 1.00 bits per heavy atom. The summed E-state index contributed by atoms with van der Waals surface area (Å²) in [6.45, 7) is 0.645. The average Bonchev–Trinajstić information content (AvgIpc) is 2.41. The summed E-state index contributed by atoms with van der Waals surface area (Å²) in [6.07, 6.45) is 0. The summed E-state index contributed by atoms with van der Waals surface area (Å²) in [5.41, 5.74) is 2.86. The SMILES string of the molecule is CN(Cc1ccc(F)cc1)c1ccc(F)cc1CBr. The number of benzene rings is 2. The zero-order valence-electron chi connectivity index (χ0n) is 10.5. The Labute approximate surface area is 120 Å². The lowest BCUT2D eigenvalue weighted by Crippen LogP contribution is -2.17. The quantitative estimate of drug-likeness (QED) is 0.748. The summed E-state index contributed by atoms with van der Waals surface area (Å²) in [7, 11) is 1.93. The highest BCUT2D eigenvalue weighted by Crippen LogP contribution is 2.24. The summed E-state index contributed by atoms with van der Waals surface area (Å²) in [4.78, 5) is 2.02. The van der Waals surface area contributed by atoms with Gasteiger partial charge in [0.1, 0.15) is 11.6 Å². The number of anilines is 1. The maximum atomic E-state index is 13.2. The minimum absolute atomic E-state index is 0.241. The van der Waals surface area contributed by atoms with E-state index in [9.17, 15) is 8.78 Å². The standard InChI is InChI=1S/C15H14BrF2N/c1-19(10-11-2-4-13(17)5-3-11)15-7-6-14(18)8-12(15)9-16/h2-8H,9-10H2,1H3. The van der Waals surface area contributed by atoms with E-state index < -0.39 is 0 Å². The molecule has 0 saturated heterocycles. The van der Waals surface area contributed by atoms with Crippen molar-refractivity contribution in [1.82, 2.24) is 0 Å². The van der Waals surface area contributed by atoms with Crippen LogP contribution in [0.5, 0.6) is 0 Å². The highest BCUT2D eigenvalue weighted by molar-refractivity contribution is 9.08. The summed E-state index contributed by atoms with van der Waals surface area (Å²) in [5, 5.41) is 0.591. The van der Waals surface area contributed by atoms with Gasteiger partial charge in [-0.3, -0.25) is 0 Å². The van der Waals surface area contributed by atoms with Crippen molar-refractivity contribution < 1.29 is 8.78 Å². The number of rotatable bonds is 4. The van der Waals surface area contributed by atoms with Crippen molar-refractivity contribution >= 4 is 21.6 Å². The van der Waals surface area contributed by atoms with Crippen LogP contribution in [0.25, 0.3) is 0 Å². The molecule has 2 aromatic carbocycles. The fourth-order valence-electron chi connectivity index (χ4n) is 1.98. The Kier molecular flexibility index (Phi) is 4.53. The Morgan fingerprint density at radius 2 is 1.63 bits per heavy atom. The van der Waals surface area contributed by atoms with E-state index in [0.29, 0.717) is 11.9 Å². The van der Waals surface area contributed by atoms with Crippen LogP contribution < -0.4 is 4.90 Å². The van der Waals surface area contributed by atoms with Crippen molar-refractivity contribution in [3.8, 4) is 0 Å². The van der Waals surface area contributed by atoms with Crippen molar-refractivity contribution in [2.45, 2.75) is 11.9 Å². The average molecular weight is 326 g/mol. The van der Waals surface area contributed by atoms with Crippen molar-refractivity contribution in [3.05, 3.63) is 65.2 Å². The lowest BCUT2D eigenvalue weighted by Gasteiger charge is -2.22. The third-order valence-electron chi connectivity index (χ3n) is 2.93. The van der Waals surface area contributed by atoms with Crippen molar-refractivity contribution in [1.29, 1.82) is 0 Å². The van der Waals surface area contributed by atoms with Gasteiger partial charge >= 0.3 is 0 Å². The summed E-state index contributed by atoms with van der Waals surface area (Å²) < 4.78 is 26.0. The molecule has 0 aromatic heterocycles. The second kappa shape index (κ2) is 6.15. The molecule has 2 rings (SSSR count). The van der Waals surface area contributed by atoms with Gasteiger partial charge in [-0.25, -0.2) is 8.78 Å². The number of hydrogen-bond acceptors (Lipinski definition) is 1. The zero-order valence-corrected chi connectivity index (χ0v) is 12.1. The molecule has 0 atom stereocenters. The summed E-state index contributed by atoms with van der Waals surface area (Å²) in [6, 6.07) is 11.1. The maximum absolute atomic E-state index is 13.2. The first-order chi connectivity index (χ1) is 9.10. The number of alkyl halides is 1. The maximum Gasteiger partial charge on any atom is 0.123 e. The van der Waals surface area contributed by atoms with Crippen molar-refractivity contribution in [2.75, 3.05) is 11.9 Å². The van der Waals surface area contributed by atoms with E-state index in [1.807, 2.05) is 11.9 Å². The smallest absolute Gasteiger partial charge is 0.123 e. The largest absolute Gasteiger partial charge is 0.370 e. The van der Waals surface area contributed by atoms with E-state index in [1.54, 1.807) is 18.2 Å². The molecular weight excluding hydrogens is 312 g/mol. The molecule has 0 amide bonds. The molecule has 0 aliphatic heterocycles. The molecule has 0 saturated carbocycles. The molecule has 0 heterocycles. The second-order valence-corrected chi connectivity index (χ2v) is 4.95. The number of halogens is 3. The van der Waals surface area contributed by atoms with Gasteiger partial charge in [0.2, 0.25) is 0 Å². The molecular formula is C15H14BrF2N. The minimum Gasteiger partial charge on any atom is -0.370 e. The van der Waals surface area contributed by atoms with E-state index in [-0.39, 0.29) is 11.6 Å². The van der Waals surface area contributed by atoms with E-state index in [1.165, 1.54) is 24.3 Å². The molecule has 0 aliphatic rings. The molecule has 4 heteroatoms. The van der Waals surface area contributed by atoms with Crippen LogP contribution in [0.4, 0.5) is 14.5 Å². The van der Waals surface area contributed by atoms with Crippen LogP contribution in [-0.4, -0.2) is 7.05 Å². The van der Waals surface area contributed by atoms with E-state index >= 15 is 0 Å². The van der Waals surface area contributed by atoms with Crippen molar-refractivity contribution in [3.63, 3.8) is 0 Å². The lowest BCUT2D eigenvalue weighted by atomic mass is 10.1. The van der Waals surface area contributed by atoms with Gasteiger partial charge in [-0.2, -0.15) is 0 Å². The first kappa shape index (κ1) is 14.0. The highest BCUT2D eigenvalue weighted by atomic mass is 79.9. The number of hydrogen-bond donors (Lipinski definition) is 0. The molecule has 0 unspecified atom stereocenters. The molecule has 0 bridgehead atoms. The monoisotopic (exact) mass is 325 g/mol. The van der Waals surface area contributed by atoms with E-state index in [2.05, 4.69) is 15.9 Å². The van der Waals surface area contributed by atoms with Crippen LogP contribution >= 0.6 is 15.9 Å². The summed E-state index contributed by atoms with van der Waals surface area (Å²) in [5.74, 6) is -0.484. The first-order valence-corrected chi connectivity index (χ1v) is 7.02.